The van der Waals surface area contributed by atoms with E-state index in [9.17, 15) is 10.1 Å². The monoisotopic (exact) mass is 1680 g/mol. The largest absolute Gasteiger partial charge is 0.493 e. The molecule has 8 aromatic carbocycles. The minimum atomic E-state index is -0.392. The van der Waals surface area contributed by atoms with Gasteiger partial charge in [0.1, 0.15) is 132 Å². The molecule has 0 fully saturated rings. The van der Waals surface area contributed by atoms with Crippen LogP contribution < -0.4 is 71.1 Å². The van der Waals surface area contributed by atoms with Crippen molar-refractivity contribution < 1.29 is 76.0 Å². The highest BCUT2D eigenvalue weighted by molar-refractivity contribution is 5.48. The van der Waals surface area contributed by atoms with Crippen LogP contribution in [-0.2, 0) is 46.2 Å². The van der Waals surface area contributed by atoms with E-state index in [1.807, 2.05) is 127 Å². The highest BCUT2D eigenvalue weighted by Crippen LogP contribution is 2.36. The summed E-state index contributed by atoms with van der Waals surface area (Å²) < 4.78 is 98.6. The zero-order valence-corrected chi connectivity index (χ0v) is 75.5. The first kappa shape index (κ1) is 97.6. The molecule has 0 amide bonds. The number of nitro benzene ring substituents is 1. The van der Waals surface area contributed by atoms with E-state index in [0.717, 1.165) is 290 Å². The van der Waals surface area contributed by atoms with Crippen molar-refractivity contribution in [1.29, 1.82) is 0 Å². The van der Waals surface area contributed by atoms with Gasteiger partial charge in [-0.1, -0.05) is 209 Å². The number of unbranched alkanes of at least 4 members (excludes halogenated alkanes) is 24. The van der Waals surface area contributed by atoms with Gasteiger partial charge in [0.25, 0.3) is 5.69 Å². The fraction of sp³-hybridized carbons (Fsp3) is 0.538. The maximum absolute atomic E-state index is 11.9. The minimum Gasteiger partial charge on any atom is -0.493 e. The molecule has 668 valence electrons. The molecule has 0 aromatic heterocycles. The molecule has 0 aliphatic carbocycles. The molecule has 122 heavy (non-hydrogen) atoms. The molecule has 0 bridgehead atoms. The van der Waals surface area contributed by atoms with E-state index in [2.05, 4.69) is 55.4 Å². The Balaban J connectivity index is 1.13. The number of hydrogen-bond acceptors (Lipinski definition) is 17. The Morgan fingerprint density at radius 3 is 0.500 bits per heavy atom. The molecule has 0 saturated carbocycles. The van der Waals surface area contributed by atoms with Gasteiger partial charge in [-0.15, -0.1) is 0 Å². The molecule has 0 radical (unpaired) electrons. The molecule has 8 aromatic rings. The van der Waals surface area contributed by atoms with Crippen molar-refractivity contribution in [2.24, 2.45) is 0 Å². The number of aryl methyl sites for hydroxylation is 1. The molecule has 0 saturated heterocycles. The molecule has 0 atom stereocenters. The van der Waals surface area contributed by atoms with Gasteiger partial charge in [0.15, 0.2) is 0 Å². The summed E-state index contributed by atoms with van der Waals surface area (Å²) in [6.45, 7) is 25.4. The van der Waals surface area contributed by atoms with Gasteiger partial charge >= 0.3 is 0 Å². The Hall–Kier alpha value is -9.84. The Kier molecular flexibility index (Phi) is 47.2. The molecule has 0 heterocycles. The number of hydrogen-bond donors (Lipinski definition) is 0. The SMILES string of the molecule is CCCCCCOc1cc(COc2cc(COc3cc(COc4ccc([N+](=O)[O-])c(C)c4)cc(OCc4cc(OCc5cc(OCCCCCC)cc(OCCCCCC)c5)cc(OCc5cc(OCCCCCC)cc(OCCCCCC)c5)c4)c3)cc(OCc3cc(OCCCCCC)cc(OCCCCCC)c3)c2)cc(OCCCCCC)c1. The van der Waals surface area contributed by atoms with Crippen LogP contribution in [0.5, 0.6) is 86.2 Å². The van der Waals surface area contributed by atoms with Crippen LogP contribution in [0.2, 0.25) is 0 Å². The predicted molar refractivity (Wildman–Crippen MR) is 490 cm³/mol. The minimum absolute atomic E-state index is 0.00707. The van der Waals surface area contributed by atoms with E-state index in [-0.39, 0.29) is 51.9 Å². The molecule has 0 aliphatic heterocycles. The standard InChI is InChI=1S/C104H145NO17/c1-10-18-26-34-44-108-90-53-82(54-91(67-90)109-45-35-27-19-11-2)75-117-100-63-87(64-101(72-100)118-76-83-55-92(110-46-36-28-20-12-3)68-93(56-83)111-47-37-29-21-13-4)79-121-98-61-86(74-116-89-42-43-104(105(106)107)81(9)52-89)62-99(71-98)122-80-88-65-102(119-77-84-57-94(112-48-38-30-22-14-5)69-95(58-84)113-49-39-31-23-15-6)73-103(66-88)120-78-85-59-96(114-50-40-32-24-16-7)70-97(60-85)115-51-41-33-25-17-8/h42-43,52-73H,10-41,44-51,74-80H2,1-9H3. The third-order valence-corrected chi connectivity index (χ3v) is 20.9. The third-order valence-electron chi connectivity index (χ3n) is 20.9. The first-order chi connectivity index (χ1) is 59.8. The first-order valence-electron chi connectivity index (χ1n) is 46.5. The summed E-state index contributed by atoms with van der Waals surface area (Å²) in [4.78, 5) is 11.5. The van der Waals surface area contributed by atoms with Crippen LogP contribution in [0.1, 0.15) is 305 Å². The van der Waals surface area contributed by atoms with Gasteiger partial charge in [-0.25, -0.2) is 0 Å². The zero-order valence-electron chi connectivity index (χ0n) is 75.5. The van der Waals surface area contributed by atoms with Crippen LogP contribution in [0.4, 0.5) is 5.69 Å². The first-order valence-corrected chi connectivity index (χ1v) is 46.5. The van der Waals surface area contributed by atoms with Crippen LogP contribution in [0.25, 0.3) is 0 Å². The van der Waals surface area contributed by atoms with Crippen molar-refractivity contribution >= 4 is 5.69 Å². The quantitative estimate of drug-likeness (QED) is 0.0199. The third kappa shape index (κ3) is 39.6. The molecular formula is C104H145NO17. The molecule has 18 nitrogen and oxygen atoms in total. The number of nitrogens with zero attached hydrogens (tertiary/aromatic N) is 1. The fourth-order valence-electron chi connectivity index (χ4n) is 14.0. The smallest absolute Gasteiger partial charge is 0.272 e. The van der Waals surface area contributed by atoms with Crippen molar-refractivity contribution in [3.8, 4) is 86.2 Å². The van der Waals surface area contributed by atoms with Crippen molar-refractivity contribution in [2.45, 2.75) is 314 Å². The van der Waals surface area contributed by atoms with Gasteiger partial charge in [-0.3, -0.25) is 10.1 Å². The van der Waals surface area contributed by atoms with Crippen LogP contribution in [0.15, 0.2) is 146 Å². The van der Waals surface area contributed by atoms with Gasteiger partial charge in [-0.05, 0) is 194 Å². The molecule has 0 N–H and O–H groups in total. The second kappa shape index (κ2) is 59.0. The van der Waals surface area contributed by atoms with Gasteiger partial charge < -0.3 is 71.1 Å². The summed E-state index contributed by atoms with van der Waals surface area (Å²) in [5.41, 5.74) is 6.35. The Morgan fingerprint density at radius 2 is 0.352 bits per heavy atom. The number of ether oxygens (including phenoxy) is 15. The van der Waals surface area contributed by atoms with Crippen LogP contribution in [0.3, 0.4) is 0 Å². The number of nitro groups is 1. The Morgan fingerprint density at radius 1 is 0.197 bits per heavy atom. The van der Waals surface area contributed by atoms with Gasteiger partial charge in [0.2, 0.25) is 0 Å². The lowest BCUT2D eigenvalue weighted by Crippen LogP contribution is -2.05. The normalized spacial score (nSPS) is 11.1. The average Bonchev–Trinajstić information content (AvgIpc) is 0.829. The highest BCUT2D eigenvalue weighted by Gasteiger charge is 2.18. The van der Waals surface area contributed by atoms with Crippen molar-refractivity contribution in [2.75, 3.05) is 52.9 Å². The molecule has 0 spiro atoms. The van der Waals surface area contributed by atoms with Crippen LogP contribution >= 0.6 is 0 Å². The van der Waals surface area contributed by atoms with Crippen molar-refractivity contribution in [1.82, 2.24) is 0 Å². The number of rotatable bonds is 70. The van der Waals surface area contributed by atoms with E-state index in [4.69, 9.17) is 71.1 Å². The predicted octanol–water partition coefficient (Wildman–Crippen LogP) is 28.6. The van der Waals surface area contributed by atoms with Crippen molar-refractivity contribution in [3.63, 3.8) is 0 Å². The van der Waals surface area contributed by atoms with Gasteiger partial charge in [0, 0.05) is 54.1 Å². The maximum Gasteiger partial charge on any atom is 0.272 e. The topological polar surface area (TPSA) is 182 Å². The summed E-state index contributed by atoms with van der Waals surface area (Å²) in [6, 6.07) is 46.5. The van der Waals surface area contributed by atoms with Gasteiger partial charge in [-0.2, -0.15) is 0 Å². The molecular weight excluding hydrogens is 1540 g/mol. The Bertz CT molecular complexity index is 3660. The summed E-state index contributed by atoms with van der Waals surface area (Å²) in [5.74, 6) is 9.68. The van der Waals surface area contributed by atoms with E-state index >= 15 is 0 Å². The van der Waals surface area contributed by atoms with Gasteiger partial charge in [0.05, 0.1) is 57.8 Å². The lowest BCUT2D eigenvalue weighted by atomic mass is 10.1. The van der Waals surface area contributed by atoms with E-state index in [1.165, 1.54) is 6.07 Å². The van der Waals surface area contributed by atoms with Crippen LogP contribution in [0, 0.1) is 17.0 Å². The van der Waals surface area contributed by atoms with E-state index in [0.29, 0.717) is 98.7 Å². The van der Waals surface area contributed by atoms with Crippen molar-refractivity contribution in [3.05, 3.63) is 200 Å². The Labute approximate surface area is 731 Å². The number of benzene rings is 8. The highest BCUT2D eigenvalue weighted by atomic mass is 16.6. The summed E-state index contributed by atoms with van der Waals surface area (Å²) in [5, 5.41) is 11.9. The zero-order chi connectivity index (χ0) is 86.2. The van der Waals surface area contributed by atoms with E-state index < -0.39 is 4.92 Å². The summed E-state index contributed by atoms with van der Waals surface area (Å²) in [6.07, 6.45) is 35.0. The fourth-order valence-corrected chi connectivity index (χ4v) is 14.0. The second-order valence-electron chi connectivity index (χ2n) is 32.2. The molecule has 0 aliphatic rings. The summed E-state index contributed by atoms with van der Waals surface area (Å²) in [7, 11) is 0. The van der Waals surface area contributed by atoms with E-state index in [1.54, 1.807) is 19.1 Å². The lowest BCUT2D eigenvalue weighted by Gasteiger charge is -2.17. The maximum atomic E-state index is 11.9. The lowest BCUT2D eigenvalue weighted by molar-refractivity contribution is -0.385. The molecule has 0 unspecified atom stereocenters. The molecule has 18 heteroatoms. The van der Waals surface area contributed by atoms with Crippen LogP contribution in [-0.4, -0.2) is 57.8 Å². The average molecular weight is 1680 g/mol. The summed E-state index contributed by atoms with van der Waals surface area (Å²) >= 11 is 0. The second-order valence-corrected chi connectivity index (χ2v) is 32.2. The molecule has 8 rings (SSSR count).